The predicted octanol–water partition coefficient (Wildman–Crippen LogP) is 2.22. The Balaban J connectivity index is 2.09. The molecule has 0 N–H and O–H groups in total. The summed E-state index contributed by atoms with van der Waals surface area (Å²) in [5.74, 6) is -1.09. The molecule has 110 valence electrons. The van der Waals surface area contributed by atoms with Gasteiger partial charge in [0.05, 0.1) is 5.92 Å². The van der Waals surface area contributed by atoms with Gasteiger partial charge in [0.15, 0.2) is 6.10 Å². The summed E-state index contributed by atoms with van der Waals surface area (Å²) >= 11 is 1.60. The van der Waals surface area contributed by atoms with Crippen LogP contribution < -0.4 is 4.90 Å². The van der Waals surface area contributed by atoms with Crippen LogP contribution in [0.2, 0.25) is 0 Å². The molecule has 1 heterocycles. The summed E-state index contributed by atoms with van der Waals surface area (Å²) in [7, 11) is 0. The smallest absolute Gasteiger partial charge is 0.312 e. The van der Waals surface area contributed by atoms with E-state index in [0.717, 1.165) is 10.6 Å². The first kappa shape index (κ1) is 15.4. The highest BCUT2D eigenvalue weighted by Crippen LogP contribution is 2.28. The van der Waals surface area contributed by atoms with Gasteiger partial charge < -0.3 is 9.64 Å². The highest BCUT2D eigenvalue weighted by atomic mass is 32.2. The van der Waals surface area contributed by atoms with Gasteiger partial charge in [-0.3, -0.25) is 9.59 Å². The lowest BCUT2D eigenvalue weighted by molar-refractivity contribution is -0.150. The number of esters is 1. The molecule has 1 aromatic carbocycles. The van der Waals surface area contributed by atoms with E-state index in [1.54, 1.807) is 16.7 Å². The number of hydrogen-bond donors (Lipinski definition) is 0. The molecule has 1 aliphatic rings. The number of carbonyl (C=O) groups excluding carboxylic acids is 2. The minimum absolute atomic E-state index is 0.0974. The number of ether oxygens (including phenoxy) is 1. The Bertz CT molecular complexity index is 597. The van der Waals surface area contributed by atoms with Crippen LogP contribution in [0.15, 0.2) is 29.2 Å². The van der Waals surface area contributed by atoms with Crippen LogP contribution in [0.25, 0.3) is 0 Å². The quantitative estimate of drug-likeness (QED) is 0.630. The topological polar surface area (TPSA) is 70.4 Å². The molecule has 1 fully saturated rings. The molecule has 6 heteroatoms. The van der Waals surface area contributed by atoms with E-state index >= 15 is 0 Å². The van der Waals surface area contributed by atoms with Crippen LogP contribution in [0.1, 0.15) is 13.3 Å². The number of thioether (sulfide) groups is 1. The highest BCUT2D eigenvalue weighted by Gasteiger charge is 2.36. The first-order chi connectivity index (χ1) is 10.0. The van der Waals surface area contributed by atoms with E-state index in [-0.39, 0.29) is 12.3 Å². The van der Waals surface area contributed by atoms with Crippen molar-refractivity contribution >= 4 is 29.3 Å². The number of anilines is 1. The van der Waals surface area contributed by atoms with Crippen LogP contribution >= 0.6 is 11.8 Å². The fourth-order valence-corrected chi connectivity index (χ4v) is 2.64. The van der Waals surface area contributed by atoms with Crippen LogP contribution in [0.3, 0.4) is 0 Å². The van der Waals surface area contributed by atoms with Crippen LogP contribution in [-0.2, 0) is 14.3 Å². The second-order valence-corrected chi connectivity index (χ2v) is 5.69. The second kappa shape index (κ2) is 6.64. The van der Waals surface area contributed by atoms with Crippen LogP contribution in [0, 0.1) is 17.2 Å². The Morgan fingerprint density at radius 2 is 2.33 bits per heavy atom. The molecule has 5 nitrogen and oxygen atoms in total. The lowest BCUT2D eigenvalue weighted by Gasteiger charge is -2.17. The maximum atomic E-state index is 12.1. The van der Waals surface area contributed by atoms with Gasteiger partial charge in [0.2, 0.25) is 5.91 Å². The minimum atomic E-state index is -0.790. The van der Waals surface area contributed by atoms with Crippen molar-refractivity contribution in [1.82, 2.24) is 0 Å². The third-order valence-corrected chi connectivity index (χ3v) is 4.02. The van der Waals surface area contributed by atoms with E-state index in [1.165, 1.54) is 6.92 Å². The largest absolute Gasteiger partial charge is 0.447 e. The summed E-state index contributed by atoms with van der Waals surface area (Å²) in [6, 6.07) is 9.47. The first-order valence-electron chi connectivity index (χ1n) is 6.59. The minimum Gasteiger partial charge on any atom is -0.447 e. The Hall–Kier alpha value is -2.00. The average molecular weight is 304 g/mol. The SMILES string of the molecule is CSc1cccc(N2C[C@@H](C(=O)O[C@H](C)C#N)CC2=O)c1. The third-order valence-electron chi connectivity index (χ3n) is 3.30. The molecule has 0 aliphatic carbocycles. The summed E-state index contributed by atoms with van der Waals surface area (Å²) in [6.07, 6.45) is 1.30. The third kappa shape index (κ3) is 3.56. The Morgan fingerprint density at radius 1 is 1.57 bits per heavy atom. The number of nitrogens with zero attached hydrogens (tertiary/aromatic N) is 2. The summed E-state index contributed by atoms with van der Waals surface area (Å²) in [5.41, 5.74) is 0.787. The first-order valence-corrected chi connectivity index (χ1v) is 7.82. The summed E-state index contributed by atoms with van der Waals surface area (Å²) in [4.78, 5) is 26.7. The number of carbonyl (C=O) groups is 2. The van der Waals surface area contributed by atoms with E-state index in [9.17, 15) is 9.59 Å². The summed E-state index contributed by atoms with van der Waals surface area (Å²) in [6.45, 7) is 1.81. The van der Waals surface area contributed by atoms with Crippen LogP contribution in [0.5, 0.6) is 0 Å². The van der Waals surface area contributed by atoms with Crippen LogP contribution in [0.4, 0.5) is 5.69 Å². The maximum Gasteiger partial charge on any atom is 0.312 e. The van der Waals surface area contributed by atoms with Gasteiger partial charge in [-0.15, -0.1) is 11.8 Å². The molecular formula is C15H16N2O3S. The molecule has 0 spiro atoms. The maximum absolute atomic E-state index is 12.1. The molecule has 0 radical (unpaired) electrons. The zero-order valence-electron chi connectivity index (χ0n) is 11.9. The molecule has 1 aromatic rings. The molecule has 0 bridgehead atoms. The molecular weight excluding hydrogens is 288 g/mol. The predicted molar refractivity (Wildman–Crippen MR) is 79.9 cm³/mol. The Kier molecular flexibility index (Phi) is 4.86. The molecule has 1 aliphatic heterocycles. The monoisotopic (exact) mass is 304 g/mol. The van der Waals surface area contributed by atoms with Gasteiger partial charge in [0.1, 0.15) is 6.07 Å². The van der Waals surface area contributed by atoms with Gasteiger partial charge in [-0.05, 0) is 31.4 Å². The van der Waals surface area contributed by atoms with Gasteiger partial charge in [-0.25, -0.2) is 0 Å². The molecule has 2 atom stereocenters. The van der Waals surface area contributed by atoms with E-state index in [2.05, 4.69) is 0 Å². The summed E-state index contributed by atoms with van der Waals surface area (Å²) in [5, 5.41) is 8.66. The highest BCUT2D eigenvalue weighted by molar-refractivity contribution is 7.98. The van der Waals surface area contributed by atoms with Gasteiger partial charge in [-0.2, -0.15) is 5.26 Å². The van der Waals surface area contributed by atoms with Crippen molar-refractivity contribution in [2.75, 3.05) is 17.7 Å². The second-order valence-electron chi connectivity index (χ2n) is 4.82. The molecule has 2 rings (SSSR count). The molecule has 1 saturated heterocycles. The Labute approximate surface area is 127 Å². The van der Waals surface area contributed by atoms with Gasteiger partial charge in [0, 0.05) is 23.5 Å². The molecule has 0 unspecified atom stereocenters. The fourth-order valence-electron chi connectivity index (χ4n) is 2.19. The lowest BCUT2D eigenvalue weighted by Crippen LogP contribution is -2.27. The van der Waals surface area contributed by atoms with Crippen molar-refractivity contribution in [3.8, 4) is 6.07 Å². The number of amides is 1. The lowest BCUT2D eigenvalue weighted by atomic mass is 10.1. The number of rotatable bonds is 4. The molecule has 0 aromatic heterocycles. The van der Waals surface area contributed by atoms with Crippen molar-refractivity contribution < 1.29 is 14.3 Å². The number of hydrogen-bond acceptors (Lipinski definition) is 5. The standard InChI is InChI=1S/C15H16N2O3S/c1-10(8-16)20-15(19)11-6-14(18)17(9-11)12-4-3-5-13(7-12)21-2/h3-5,7,10-11H,6,9H2,1-2H3/t10-,11+/m1/s1. The Morgan fingerprint density at radius 3 is 3.00 bits per heavy atom. The van der Waals surface area contributed by atoms with Crippen molar-refractivity contribution in [3.05, 3.63) is 24.3 Å². The molecule has 21 heavy (non-hydrogen) atoms. The molecule has 0 saturated carbocycles. The molecule has 1 amide bonds. The van der Waals surface area contributed by atoms with Crippen molar-refractivity contribution in [2.24, 2.45) is 5.92 Å². The summed E-state index contributed by atoms with van der Waals surface area (Å²) < 4.78 is 4.98. The van der Waals surface area contributed by atoms with E-state index in [1.807, 2.05) is 36.6 Å². The number of nitriles is 1. The van der Waals surface area contributed by atoms with Gasteiger partial charge in [-0.1, -0.05) is 6.07 Å². The van der Waals surface area contributed by atoms with Crippen molar-refractivity contribution in [1.29, 1.82) is 5.26 Å². The average Bonchev–Trinajstić information content (AvgIpc) is 2.89. The van der Waals surface area contributed by atoms with Crippen molar-refractivity contribution in [3.63, 3.8) is 0 Å². The van der Waals surface area contributed by atoms with E-state index in [0.29, 0.717) is 6.54 Å². The van der Waals surface area contributed by atoms with Crippen LogP contribution in [-0.4, -0.2) is 30.8 Å². The zero-order valence-corrected chi connectivity index (χ0v) is 12.7. The van der Waals surface area contributed by atoms with E-state index in [4.69, 9.17) is 10.00 Å². The normalized spacial score (nSPS) is 19.2. The number of benzene rings is 1. The fraction of sp³-hybridized carbons (Fsp3) is 0.400. The van der Waals surface area contributed by atoms with Gasteiger partial charge in [0.25, 0.3) is 0 Å². The van der Waals surface area contributed by atoms with Crippen molar-refractivity contribution in [2.45, 2.75) is 24.3 Å². The zero-order chi connectivity index (χ0) is 15.4. The van der Waals surface area contributed by atoms with Gasteiger partial charge >= 0.3 is 5.97 Å². The van der Waals surface area contributed by atoms with E-state index < -0.39 is 18.0 Å².